The van der Waals surface area contributed by atoms with Crippen LogP contribution in [-0.4, -0.2) is 36.1 Å². The minimum Gasteiger partial charge on any atom is -0.369 e. The monoisotopic (exact) mass is 369 g/mol. The van der Waals surface area contributed by atoms with Gasteiger partial charge in [-0.1, -0.05) is 38.5 Å². The molecule has 5 heteroatoms. The van der Waals surface area contributed by atoms with Crippen molar-refractivity contribution < 1.29 is 4.79 Å². The number of aliphatic imine (C=N–C) groups is 1. The van der Waals surface area contributed by atoms with E-state index in [-0.39, 0.29) is 17.9 Å². The summed E-state index contributed by atoms with van der Waals surface area (Å²) >= 11 is 1.56. The van der Waals surface area contributed by atoms with Gasteiger partial charge < -0.3 is 5.73 Å². The molecule has 1 amide bonds. The van der Waals surface area contributed by atoms with E-state index in [0.29, 0.717) is 6.42 Å². The summed E-state index contributed by atoms with van der Waals surface area (Å²) in [6, 6.07) is 7.67. The molecule has 0 saturated heterocycles. The third-order valence-corrected chi connectivity index (χ3v) is 4.62. The molecule has 1 unspecified atom stereocenters. The Kier molecular flexibility index (Phi) is 8.74. The van der Waals surface area contributed by atoms with Crippen molar-refractivity contribution in [3.63, 3.8) is 0 Å². The van der Waals surface area contributed by atoms with Gasteiger partial charge in [0, 0.05) is 17.5 Å². The zero-order valence-electron chi connectivity index (χ0n) is 16.2. The molecule has 1 atom stereocenters. The number of nitrogens with zero attached hydrogens (tertiary/aromatic N) is 2. The largest absolute Gasteiger partial charge is 0.369 e. The van der Waals surface area contributed by atoms with Gasteiger partial charge in [-0.3, -0.25) is 9.69 Å². The van der Waals surface area contributed by atoms with Gasteiger partial charge in [0.05, 0.1) is 12.5 Å². The first-order valence-electron chi connectivity index (χ1n) is 8.53. The maximum atomic E-state index is 12.0. The van der Waals surface area contributed by atoms with E-state index in [2.05, 4.69) is 23.4 Å². The highest BCUT2D eigenvalue weighted by Crippen LogP contribution is 2.28. The standard InChI is InChI=1S/C19H21N3OS.C2H6/c1-5-7-14-8-6-9-15(11-14)13(2)10-17(24-4)16-12-18(23)22(3)19(20)21-16;1-2/h6,8-11,16H,2,12H2,1,3-4H3,(H2,20,21);1-2H3/b17-10-;. The molecular weight excluding hydrogens is 342 g/mol. The van der Waals surface area contributed by atoms with Gasteiger partial charge in [0.25, 0.3) is 0 Å². The number of guanidine groups is 1. The molecule has 1 aliphatic heterocycles. The highest BCUT2D eigenvalue weighted by Gasteiger charge is 2.26. The normalized spacial score (nSPS) is 16.7. The lowest BCUT2D eigenvalue weighted by atomic mass is 10.0. The number of nitrogens with two attached hydrogens (primary N) is 1. The van der Waals surface area contributed by atoms with Gasteiger partial charge in [0.1, 0.15) is 0 Å². The Bertz CT molecular complexity index is 784. The zero-order valence-corrected chi connectivity index (χ0v) is 17.0. The number of carbonyl (C=O) groups excluding carboxylic acids is 1. The summed E-state index contributed by atoms with van der Waals surface area (Å²) in [5.74, 6) is 6.16. The van der Waals surface area contributed by atoms with Gasteiger partial charge in [-0.25, -0.2) is 4.99 Å². The Balaban J connectivity index is 0.00000163. The summed E-state index contributed by atoms with van der Waals surface area (Å²) in [7, 11) is 1.64. The van der Waals surface area contributed by atoms with Crippen LogP contribution in [0.2, 0.25) is 0 Å². The number of rotatable bonds is 4. The summed E-state index contributed by atoms with van der Waals surface area (Å²) in [5.41, 5.74) is 8.64. The molecule has 1 aromatic carbocycles. The lowest BCUT2D eigenvalue weighted by molar-refractivity contribution is -0.127. The van der Waals surface area contributed by atoms with Gasteiger partial charge in [-0.05, 0) is 42.5 Å². The molecule has 0 spiro atoms. The van der Waals surface area contributed by atoms with Crippen LogP contribution in [0.5, 0.6) is 0 Å². The minimum atomic E-state index is -0.251. The van der Waals surface area contributed by atoms with Crippen LogP contribution in [0.25, 0.3) is 5.57 Å². The predicted octanol–water partition coefficient (Wildman–Crippen LogP) is 3.89. The van der Waals surface area contributed by atoms with Gasteiger partial charge >= 0.3 is 0 Å². The van der Waals surface area contributed by atoms with Gasteiger partial charge in [0.2, 0.25) is 5.91 Å². The fourth-order valence-corrected chi connectivity index (χ4v) is 3.04. The third kappa shape index (κ3) is 5.53. The van der Waals surface area contributed by atoms with Crippen molar-refractivity contribution in [3.8, 4) is 11.8 Å². The van der Waals surface area contributed by atoms with Crippen molar-refractivity contribution in [2.24, 2.45) is 10.7 Å². The van der Waals surface area contributed by atoms with Crippen molar-refractivity contribution >= 4 is 29.2 Å². The molecule has 0 aromatic heterocycles. The van der Waals surface area contributed by atoms with E-state index in [0.717, 1.165) is 21.6 Å². The van der Waals surface area contributed by atoms with Crippen molar-refractivity contribution in [1.82, 2.24) is 4.90 Å². The molecule has 0 fully saturated rings. The van der Waals surface area contributed by atoms with Crippen LogP contribution in [0, 0.1) is 11.8 Å². The second-order valence-corrected chi connectivity index (χ2v) is 6.27. The van der Waals surface area contributed by atoms with E-state index in [1.165, 1.54) is 4.90 Å². The lowest BCUT2D eigenvalue weighted by Gasteiger charge is -2.26. The van der Waals surface area contributed by atoms with Crippen LogP contribution >= 0.6 is 11.8 Å². The molecule has 1 aliphatic rings. The summed E-state index contributed by atoms with van der Waals surface area (Å²) < 4.78 is 0. The van der Waals surface area contributed by atoms with Crippen molar-refractivity contribution in [2.75, 3.05) is 13.3 Å². The zero-order chi connectivity index (χ0) is 19.7. The number of thioether (sulfide) groups is 1. The SMILES string of the molecule is C=C(/C=C(\SC)C1CC(=O)N(C)C(N)=N1)c1cccc(C#CC)c1.CC. The van der Waals surface area contributed by atoms with E-state index >= 15 is 0 Å². The van der Waals surface area contributed by atoms with E-state index in [1.807, 2.05) is 57.4 Å². The summed E-state index contributed by atoms with van der Waals surface area (Å²) in [5, 5.41) is 0. The van der Waals surface area contributed by atoms with Gasteiger partial charge in [0.15, 0.2) is 5.96 Å². The Morgan fingerprint density at radius 1 is 1.46 bits per heavy atom. The topological polar surface area (TPSA) is 58.7 Å². The molecule has 4 nitrogen and oxygen atoms in total. The number of allylic oxidation sites excluding steroid dienone is 2. The molecule has 0 radical (unpaired) electrons. The molecule has 1 aromatic rings. The first kappa shape index (κ1) is 21.6. The number of benzene rings is 1. The molecule has 2 N–H and O–H groups in total. The summed E-state index contributed by atoms with van der Waals surface area (Å²) in [4.78, 5) is 18.8. The second-order valence-electron chi connectivity index (χ2n) is 5.39. The highest BCUT2D eigenvalue weighted by atomic mass is 32.2. The first-order chi connectivity index (χ1) is 12.5. The molecule has 26 heavy (non-hydrogen) atoms. The van der Waals surface area contributed by atoms with E-state index < -0.39 is 0 Å². The van der Waals surface area contributed by atoms with Crippen LogP contribution in [-0.2, 0) is 4.79 Å². The third-order valence-electron chi connectivity index (χ3n) is 3.76. The van der Waals surface area contributed by atoms with E-state index in [4.69, 9.17) is 5.73 Å². The summed E-state index contributed by atoms with van der Waals surface area (Å²) in [6.45, 7) is 9.96. The molecule has 0 saturated carbocycles. The molecule has 2 rings (SSSR count). The fourth-order valence-electron chi connectivity index (χ4n) is 2.37. The maximum absolute atomic E-state index is 12.0. The minimum absolute atomic E-state index is 0.0294. The molecule has 0 aliphatic carbocycles. The van der Waals surface area contributed by atoms with Crippen LogP contribution < -0.4 is 5.73 Å². The summed E-state index contributed by atoms with van der Waals surface area (Å²) in [6.07, 6.45) is 4.26. The average molecular weight is 370 g/mol. The smallest absolute Gasteiger partial charge is 0.231 e. The number of hydrogen-bond acceptors (Lipinski definition) is 4. The maximum Gasteiger partial charge on any atom is 0.231 e. The van der Waals surface area contributed by atoms with Gasteiger partial charge in [-0.2, -0.15) is 0 Å². The van der Waals surface area contributed by atoms with E-state index in [9.17, 15) is 4.79 Å². The molecule has 138 valence electrons. The Morgan fingerprint density at radius 3 is 2.73 bits per heavy atom. The number of carbonyl (C=O) groups is 1. The van der Waals surface area contributed by atoms with Crippen LogP contribution in [0.1, 0.15) is 38.3 Å². The molecule has 0 bridgehead atoms. The second kappa shape index (κ2) is 10.5. The van der Waals surface area contributed by atoms with Crippen molar-refractivity contribution in [2.45, 2.75) is 33.2 Å². The van der Waals surface area contributed by atoms with Crippen LogP contribution in [0.15, 0.2) is 46.8 Å². The van der Waals surface area contributed by atoms with Gasteiger partial charge in [-0.15, -0.1) is 17.7 Å². The quantitative estimate of drug-likeness (QED) is 0.647. The van der Waals surface area contributed by atoms with E-state index in [1.54, 1.807) is 18.8 Å². The van der Waals surface area contributed by atoms with Crippen LogP contribution in [0.4, 0.5) is 0 Å². The molecule has 1 heterocycles. The molecular formula is C21H27N3OS. The average Bonchev–Trinajstić information content (AvgIpc) is 2.65. The first-order valence-corrected chi connectivity index (χ1v) is 9.76. The van der Waals surface area contributed by atoms with Crippen molar-refractivity contribution in [1.29, 1.82) is 0 Å². The Hall–Kier alpha value is -2.45. The number of hydrogen-bond donors (Lipinski definition) is 1. The van der Waals surface area contributed by atoms with Crippen LogP contribution in [0.3, 0.4) is 0 Å². The number of amides is 1. The highest BCUT2D eigenvalue weighted by molar-refractivity contribution is 8.02. The predicted molar refractivity (Wildman–Crippen MR) is 114 cm³/mol. The lowest BCUT2D eigenvalue weighted by Crippen LogP contribution is -2.44. The Morgan fingerprint density at radius 2 is 2.15 bits per heavy atom. The van der Waals surface area contributed by atoms with Crippen molar-refractivity contribution in [3.05, 3.63) is 53.0 Å². The Labute approximate surface area is 161 Å². The fraction of sp³-hybridized carbons (Fsp3) is 0.333.